The first kappa shape index (κ1) is 15.6. The molecule has 1 heterocycles. The van der Waals surface area contributed by atoms with Crippen LogP contribution in [0.3, 0.4) is 0 Å². The van der Waals surface area contributed by atoms with Crippen molar-refractivity contribution in [2.24, 2.45) is 0 Å². The first-order valence-electron chi connectivity index (χ1n) is 7.52. The van der Waals surface area contributed by atoms with Gasteiger partial charge in [0, 0.05) is 13.1 Å². The monoisotopic (exact) mass is 292 g/mol. The summed E-state index contributed by atoms with van der Waals surface area (Å²) in [6.07, 6.45) is 2.35. The molecule has 116 valence electrons. The molecule has 0 saturated carbocycles. The van der Waals surface area contributed by atoms with E-state index in [1.807, 2.05) is 18.0 Å². The van der Waals surface area contributed by atoms with Crippen LogP contribution in [0.5, 0.6) is 5.75 Å². The van der Waals surface area contributed by atoms with Crippen LogP contribution in [0.25, 0.3) is 0 Å². The molecule has 5 heteroatoms. The maximum atomic E-state index is 10.5. The Morgan fingerprint density at radius 2 is 2.29 bits per heavy atom. The number of rotatable bonds is 7. The average molecular weight is 292 g/mol. The number of aliphatic carboxylic acids is 1. The van der Waals surface area contributed by atoms with Crippen LogP contribution in [0.4, 0.5) is 5.69 Å². The molecule has 2 rings (SSSR count). The van der Waals surface area contributed by atoms with Crippen LogP contribution in [0.15, 0.2) is 18.2 Å². The summed E-state index contributed by atoms with van der Waals surface area (Å²) < 4.78 is 5.89. The molecule has 0 aliphatic carbocycles. The van der Waals surface area contributed by atoms with Gasteiger partial charge >= 0.3 is 5.97 Å². The fourth-order valence-corrected chi connectivity index (χ4v) is 2.36. The standard InChI is InChI=1S/C16H24N2O3/c1-3-13-11-17-14-10-12(4-5-15(14)21-13)6-8-18(2)9-7-16(19)20/h4-5,10,13,17H,3,6-9,11H2,1-2H3,(H,19,20). The largest absolute Gasteiger partial charge is 0.486 e. The molecule has 0 spiro atoms. The molecule has 0 saturated heterocycles. The maximum Gasteiger partial charge on any atom is 0.304 e. The second-order valence-corrected chi connectivity index (χ2v) is 5.56. The molecule has 1 unspecified atom stereocenters. The van der Waals surface area contributed by atoms with Crippen molar-refractivity contribution >= 4 is 11.7 Å². The van der Waals surface area contributed by atoms with Crippen LogP contribution in [0.1, 0.15) is 25.3 Å². The van der Waals surface area contributed by atoms with E-state index in [2.05, 4.69) is 24.4 Å². The molecule has 0 aromatic heterocycles. The van der Waals surface area contributed by atoms with E-state index in [9.17, 15) is 4.79 Å². The van der Waals surface area contributed by atoms with Crippen LogP contribution in [-0.4, -0.2) is 48.8 Å². The molecule has 1 aromatic carbocycles. The lowest BCUT2D eigenvalue weighted by Crippen LogP contribution is -2.30. The van der Waals surface area contributed by atoms with Gasteiger partial charge in [-0.2, -0.15) is 0 Å². The van der Waals surface area contributed by atoms with Gasteiger partial charge in [-0.15, -0.1) is 0 Å². The molecule has 5 nitrogen and oxygen atoms in total. The molecule has 1 aliphatic rings. The van der Waals surface area contributed by atoms with Gasteiger partial charge in [-0.3, -0.25) is 4.79 Å². The van der Waals surface area contributed by atoms with E-state index in [4.69, 9.17) is 9.84 Å². The van der Waals surface area contributed by atoms with Crippen molar-refractivity contribution in [1.29, 1.82) is 0 Å². The molecule has 0 fully saturated rings. The van der Waals surface area contributed by atoms with Crippen LogP contribution >= 0.6 is 0 Å². The predicted octanol–water partition coefficient (Wildman–Crippen LogP) is 2.22. The maximum absolute atomic E-state index is 10.5. The number of carbonyl (C=O) groups is 1. The molecular formula is C16H24N2O3. The molecule has 1 atom stereocenters. The third kappa shape index (κ3) is 4.63. The molecule has 21 heavy (non-hydrogen) atoms. The van der Waals surface area contributed by atoms with E-state index < -0.39 is 5.97 Å². The highest BCUT2D eigenvalue weighted by Gasteiger charge is 2.17. The zero-order chi connectivity index (χ0) is 15.2. The molecule has 0 radical (unpaired) electrons. The quantitative estimate of drug-likeness (QED) is 0.807. The first-order chi connectivity index (χ1) is 10.1. The van der Waals surface area contributed by atoms with Gasteiger partial charge < -0.3 is 20.1 Å². The summed E-state index contributed by atoms with van der Waals surface area (Å²) in [7, 11) is 1.95. The Kier molecular flexibility index (Phi) is 5.44. The van der Waals surface area contributed by atoms with Gasteiger partial charge in [0.05, 0.1) is 18.7 Å². The fourth-order valence-electron chi connectivity index (χ4n) is 2.36. The number of nitrogens with zero attached hydrogens (tertiary/aromatic N) is 1. The minimum absolute atomic E-state index is 0.189. The summed E-state index contributed by atoms with van der Waals surface area (Å²) in [6.45, 7) is 4.41. The Balaban J connectivity index is 1.86. The lowest BCUT2D eigenvalue weighted by molar-refractivity contribution is -0.137. The second-order valence-electron chi connectivity index (χ2n) is 5.56. The second kappa shape index (κ2) is 7.31. The number of ether oxygens (including phenoxy) is 1. The molecule has 1 aromatic rings. The van der Waals surface area contributed by atoms with E-state index >= 15 is 0 Å². The van der Waals surface area contributed by atoms with E-state index in [1.54, 1.807) is 0 Å². The number of nitrogens with one attached hydrogen (secondary N) is 1. The van der Waals surface area contributed by atoms with Crippen molar-refractivity contribution in [3.05, 3.63) is 23.8 Å². The fraction of sp³-hybridized carbons (Fsp3) is 0.562. The highest BCUT2D eigenvalue weighted by atomic mass is 16.5. The Morgan fingerprint density at radius 3 is 3.00 bits per heavy atom. The van der Waals surface area contributed by atoms with Crippen molar-refractivity contribution in [3.63, 3.8) is 0 Å². The normalized spacial score (nSPS) is 17.0. The van der Waals surface area contributed by atoms with Gasteiger partial charge in [0.2, 0.25) is 0 Å². The van der Waals surface area contributed by atoms with Crippen molar-refractivity contribution in [2.45, 2.75) is 32.3 Å². The lowest BCUT2D eigenvalue weighted by Gasteiger charge is -2.27. The number of carboxylic acids is 1. The van der Waals surface area contributed by atoms with Crippen molar-refractivity contribution in [2.75, 3.05) is 32.0 Å². The number of carboxylic acid groups (broad SMARTS) is 1. The highest BCUT2D eigenvalue weighted by molar-refractivity contribution is 5.66. The van der Waals surface area contributed by atoms with Crippen LogP contribution in [0, 0.1) is 0 Å². The summed E-state index contributed by atoms with van der Waals surface area (Å²) in [5.41, 5.74) is 2.30. The lowest BCUT2D eigenvalue weighted by atomic mass is 10.1. The number of anilines is 1. The van der Waals surface area contributed by atoms with Crippen LogP contribution in [0.2, 0.25) is 0 Å². The zero-order valence-electron chi connectivity index (χ0n) is 12.8. The highest BCUT2D eigenvalue weighted by Crippen LogP contribution is 2.30. The van der Waals surface area contributed by atoms with Gasteiger partial charge in [-0.05, 0) is 37.6 Å². The Hall–Kier alpha value is -1.75. The van der Waals surface area contributed by atoms with Crippen LogP contribution in [-0.2, 0) is 11.2 Å². The third-order valence-electron chi connectivity index (χ3n) is 3.80. The van der Waals surface area contributed by atoms with Gasteiger partial charge in [-0.1, -0.05) is 13.0 Å². The van der Waals surface area contributed by atoms with E-state index in [-0.39, 0.29) is 12.5 Å². The smallest absolute Gasteiger partial charge is 0.304 e. The number of hydrogen-bond acceptors (Lipinski definition) is 4. The summed E-state index contributed by atoms with van der Waals surface area (Å²) in [5, 5.41) is 12.1. The molecule has 0 amide bonds. The van der Waals surface area contributed by atoms with E-state index in [0.717, 1.165) is 37.4 Å². The molecule has 2 N–H and O–H groups in total. The van der Waals surface area contributed by atoms with Crippen molar-refractivity contribution in [3.8, 4) is 5.75 Å². The number of benzene rings is 1. The number of fused-ring (bicyclic) bond motifs is 1. The summed E-state index contributed by atoms with van der Waals surface area (Å²) in [4.78, 5) is 12.6. The Bertz CT molecular complexity index is 490. The molecular weight excluding hydrogens is 268 g/mol. The van der Waals surface area contributed by atoms with Gasteiger partial charge in [-0.25, -0.2) is 0 Å². The predicted molar refractivity (Wildman–Crippen MR) is 83.1 cm³/mol. The minimum atomic E-state index is -0.748. The Labute approximate surface area is 125 Å². The number of hydrogen-bond donors (Lipinski definition) is 2. The number of likely N-dealkylation sites (N-methyl/N-ethyl adjacent to an activating group) is 1. The van der Waals surface area contributed by atoms with Crippen LogP contribution < -0.4 is 10.1 Å². The van der Waals surface area contributed by atoms with E-state index in [1.165, 1.54) is 5.56 Å². The SMILES string of the molecule is CCC1CNc2cc(CCN(C)CCC(=O)O)ccc2O1. The first-order valence-corrected chi connectivity index (χ1v) is 7.52. The van der Waals surface area contributed by atoms with Gasteiger partial charge in [0.15, 0.2) is 0 Å². The summed E-state index contributed by atoms with van der Waals surface area (Å²) >= 11 is 0. The van der Waals surface area contributed by atoms with Crippen molar-refractivity contribution < 1.29 is 14.6 Å². The Morgan fingerprint density at radius 1 is 1.48 bits per heavy atom. The summed E-state index contributed by atoms with van der Waals surface area (Å²) in [5.74, 6) is 0.179. The third-order valence-corrected chi connectivity index (χ3v) is 3.80. The zero-order valence-corrected chi connectivity index (χ0v) is 12.8. The van der Waals surface area contributed by atoms with E-state index in [0.29, 0.717) is 6.54 Å². The molecule has 1 aliphatic heterocycles. The van der Waals surface area contributed by atoms with Crippen molar-refractivity contribution in [1.82, 2.24) is 4.90 Å². The summed E-state index contributed by atoms with van der Waals surface area (Å²) in [6, 6.07) is 6.24. The minimum Gasteiger partial charge on any atom is -0.486 e. The topological polar surface area (TPSA) is 61.8 Å². The molecule has 0 bridgehead atoms. The average Bonchev–Trinajstić information content (AvgIpc) is 2.50. The van der Waals surface area contributed by atoms with Gasteiger partial charge in [0.25, 0.3) is 0 Å². The van der Waals surface area contributed by atoms with Gasteiger partial charge in [0.1, 0.15) is 11.9 Å².